The standard InChI is InChI=1S/C20H25F3N2O/c1-2-6-17-12-19(26-13-15-11-16(21)7-8-18(15)22)25(24-17)14-20(23)9-4-3-5-10-20/h7-8,11-12H,2-6,9-10,13-14H2,1H3. The third kappa shape index (κ3) is 4.59. The third-order valence-electron chi connectivity index (χ3n) is 4.87. The molecular weight excluding hydrogens is 341 g/mol. The van der Waals surface area contributed by atoms with Gasteiger partial charge in [0.25, 0.3) is 0 Å². The Bertz CT molecular complexity index is 739. The molecule has 0 saturated heterocycles. The van der Waals surface area contributed by atoms with Gasteiger partial charge in [-0.3, -0.25) is 0 Å². The second-order valence-corrected chi connectivity index (χ2v) is 7.12. The first-order valence-electron chi connectivity index (χ1n) is 9.31. The van der Waals surface area contributed by atoms with Crippen LogP contribution in [0.1, 0.15) is 56.7 Å². The molecule has 0 N–H and O–H groups in total. The first-order valence-corrected chi connectivity index (χ1v) is 9.31. The molecule has 1 heterocycles. The van der Waals surface area contributed by atoms with Gasteiger partial charge in [0, 0.05) is 11.6 Å². The minimum Gasteiger partial charge on any atom is -0.473 e. The number of nitrogens with zero attached hydrogens (tertiary/aromatic N) is 2. The van der Waals surface area contributed by atoms with Crippen LogP contribution in [0.3, 0.4) is 0 Å². The van der Waals surface area contributed by atoms with Gasteiger partial charge in [0.05, 0.1) is 12.2 Å². The predicted octanol–water partition coefficient (Wildman–Crippen LogP) is 5.37. The molecule has 0 atom stereocenters. The average molecular weight is 366 g/mol. The molecule has 2 aromatic rings. The number of aryl methyl sites for hydroxylation is 1. The van der Waals surface area contributed by atoms with Crippen molar-refractivity contribution in [1.29, 1.82) is 0 Å². The van der Waals surface area contributed by atoms with Crippen LogP contribution in [0, 0.1) is 11.6 Å². The number of benzene rings is 1. The van der Waals surface area contributed by atoms with Crippen LogP contribution in [0.4, 0.5) is 13.2 Å². The summed E-state index contributed by atoms with van der Waals surface area (Å²) < 4.78 is 49.5. The molecular formula is C20H25F3N2O. The number of halogens is 3. The van der Waals surface area contributed by atoms with Crippen molar-refractivity contribution in [3.63, 3.8) is 0 Å². The van der Waals surface area contributed by atoms with Crippen LogP contribution >= 0.6 is 0 Å². The molecule has 0 spiro atoms. The lowest BCUT2D eigenvalue weighted by molar-refractivity contribution is 0.0763. The molecule has 26 heavy (non-hydrogen) atoms. The van der Waals surface area contributed by atoms with Gasteiger partial charge in [0.2, 0.25) is 5.88 Å². The van der Waals surface area contributed by atoms with Gasteiger partial charge < -0.3 is 4.74 Å². The van der Waals surface area contributed by atoms with Crippen molar-refractivity contribution < 1.29 is 17.9 Å². The van der Waals surface area contributed by atoms with Crippen LogP contribution in [0.25, 0.3) is 0 Å². The summed E-state index contributed by atoms with van der Waals surface area (Å²) in [5, 5.41) is 4.48. The summed E-state index contributed by atoms with van der Waals surface area (Å²) in [4.78, 5) is 0. The zero-order chi connectivity index (χ0) is 18.6. The van der Waals surface area contributed by atoms with Crippen LogP contribution < -0.4 is 4.74 Å². The topological polar surface area (TPSA) is 27.1 Å². The van der Waals surface area contributed by atoms with Crippen LogP contribution in [-0.2, 0) is 19.6 Å². The Morgan fingerprint density at radius 2 is 1.92 bits per heavy atom. The van der Waals surface area contributed by atoms with Crippen molar-refractivity contribution in [1.82, 2.24) is 9.78 Å². The highest BCUT2D eigenvalue weighted by atomic mass is 19.1. The highest BCUT2D eigenvalue weighted by Gasteiger charge is 2.33. The zero-order valence-corrected chi connectivity index (χ0v) is 15.1. The highest BCUT2D eigenvalue weighted by molar-refractivity contribution is 5.21. The largest absolute Gasteiger partial charge is 0.473 e. The third-order valence-corrected chi connectivity index (χ3v) is 4.87. The van der Waals surface area contributed by atoms with Gasteiger partial charge in [-0.1, -0.05) is 32.6 Å². The van der Waals surface area contributed by atoms with Gasteiger partial charge in [0.15, 0.2) is 0 Å². The summed E-state index contributed by atoms with van der Waals surface area (Å²) in [5.74, 6) is -0.643. The molecule has 1 aliphatic carbocycles. The second-order valence-electron chi connectivity index (χ2n) is 7.12. The fourth-order valence-corrected chi connectivity index (χ4v) is 3.48. The first kappa shape index (κ1) is 18.8. The molecule has 3 rings (SSSR count). The molecule has 0 radical (unpaired) electrons. The van der Waals surface area contributed by atoms with Crippen LogP contribution in [0.15, 0.2) is 24.3 Å². The van der Waals surface area contributed by atoms with Crippen LogP contribution in [0.5, 0.6) is 5.88 Å². The molecule has 1 aromatic carbocycles. The maximum atomic E-state index is 15.1. The van der Waals surface area contributed by atoms with Gasteiger partial charge in [-0.05, 0) is 37.5 Å². The van der Waals surface area contributed by atoms with Crippen molar-refractivity contribution in [2.45, 2.75) is 70.7 Å². The Morgan fingerprint density at radius 3 is 2.65 bits per heavy atom. The number of hydrogen-bond donors (Lipinski definition) is 0. The van der Waals surface area contributed by atoms with Gasteiger partial charge in [-0.2, -0.15) is 5.10 Å². The van der Waals surface area contributed by atoms with Crippen molar-refractivity contribution >= 4 is 0 Å². The van der Waals surface area contributed by atoms with Gasteiger partial charge >= 0.3 is 0 Å². The minimum absolute atomic E-state index is 0.125. The maximum Gasteiger partial charge on any atom is 0.212 e. The van der Waals surface area contributed by atoms with E-state index >= 15 is 4.39 Å². The molecule has 1 fully saturated rings. The van der Waals surface area contributed by atoms with Crippen molar-refractivity contribution in [2.75, 3.05) is 0 Å². The Kier molecular flexibility index (Phi) is 5.89. The van der Waals surface area contributed by atoms with E-state index in [4.69, 9.17) is 4.74 Å². The smallest absolute Gasteiger partial charge is 0.212 e. The predicted molar refractivity (Wildman–Crippen MR) is 93.8 cm³/mol. The zero-order valence-electron chi connectivity index (χ0n) is 15.1. The molecule has 3 nitrogen and oxygen atoms in total. The molecule has 1 aliphatic rings. The summed E-state index contributed by atoms with van der Waals surface area (Å²) in [6.45, 7) is 2.05. The van der Waals surface area contributed by atoms with Gasteiger partial charge in [-0.25, -0.2) is 17.9 Å². The quantitative estimate of drug-likeness (QED) is 0.659. The maximum absolute atomic E-state index is 15.1. The number of rotatable bonds is 7. The van der Waals surface area contributed by atoms with Gasteiger partial charge in [-0.15, -0.1) is 0 Å². The van der Waals surface area contributed by atoms with E-state index in [1.807, 2.05) is 6.92 Å². The van der Waals surface area contributed by atoms with Crippen molar-refractivity contribution in [2.24, 2.45) is 0 Å². The molecule has 6 heteroatoms. The summed E-state index contributed by atoms with van der Waals surface area (Å²) in [6.07, 6.45) is 5.54. The van der Waals surface area contributed by atoms with E-state index in [1.54, 1.807) is 10.7 Å². The monoisotopic (exact) mass is 366 g/mol. The Morgan fingerprint density at radius 1 is 1.15 bits per heavy atom. The summed E-state index contributed by atoms with van der Waals surface area (Å²) >= 11 is 0. The van der Waals surface area contributed by atoms with Crippen LogP contribution in [0.2, 0.25) is 0 Å². The molecule has 0 aliphatic heterocycles. The number of aromatic nitrogens is 2. The van der Waals surface area contributed by atoms with Crippen molar-refractivity contribution in [3.05, 3.63) is 47.2 Å². The van der Waals surface area contributed by atoms with E-state index in [1.165, 1.54) is 0 Å². The molecule has 142 valence electrons. The number of hydrogen-bond acceptors (Lipinski definition) is 2. The highest BCUT2D eigenvalue weighted by Crippen LogP contribution is 2.34. The lowest BCUT2D eigenvalue weighted by Gasteiger charge is -2.29. The van der Waals surface area contributed by atoms with E-state index < -0.39 is 17.3 Å². The second kappa shape index (κ2) is 8.14. The van der Waals surface area contributed by atoms with E-state index in [9.17, 15) is 8.78 Å². The molecule has 0 amide bonds. The fraction of sp³-hybridized carbons (Fsp3) is 0.550. The van der Waals surface area contributed by atoms with E-state index in [-0.39, 0.29) is 18.7 Å². The summed E-state index contributed by atoms with van der Waals surface area (Å²) in [6, 6.07) is 5.03. The molecule has 0 unspecified atom stereocenters. The Balaban J connectivity index is 1.77. The minimum atomic E-state index is -1.28. The van der Waals surface area contributed by atoms with E-state index in [0.717, 1.165) is 56.0 Å². The van der Waals surface area contributed by atoms with Crippen molar-refractivity contribution in [3.8, 4) is 5.88 Å². The van der Waals surface area contributed by atoms with Crippen LogP contribution in [-0.4, -0.2) is 15.4 Å². The summed E-state index contributed by atoms with van der Waals surface area (Å²) in [7, 11) is 0. The first-order chi connectivity index (χ1) is 12.5. The Hall–Kier alpha value is -1.98. The summed E-state index contributed by atoms with van der Waals surface area (Å²) in [5.41, 5.74) is -0.334. The van der Waals surface area contributed by atoms with E-state index in [0.29, 0.717) is 18.7 Å². The molecule has 0 bridgehead atoms. The lowest BCUT2D eigenvalue weighted by atomic mass is 9.86. The molecule has 1 saturated carbocycles. The van der Waals surface area contributed by atoms with E-state index in [2.05, 4.69) is 5.10 Å². The Labute approximate surface area is 152 Å². The SMILES string of the molecule is CCCc1cc(OCc2cc(F)ccc2F)n(CC2(F)CCCCC2)n1. The fourth-order valence-electron chi connectivity index (χ4n) is 3.48. The normalized spacial score (nSPS) is 16.6. The molecule has 1 aromatic heterocycles. The van der Waals surface area contributed by atoms with Gasteiger partial charge in [0.1, 0.15) is 23.9 Å². The lowest BCUT2D eigenvalue weighted by Crippen LogP contribution is -2.32. The average Bonchev–Trinajstić information content (AvgIpc) is 2.97. The number of alkyl halides is 1. The number of ether oxygens (including phenoxy) is 1.